The maximum atomic E-state index is 4.35. The minimum atomic E-state index is 0.400. The normalized spacial score (nSPS) is 18.0. The molecule has 2 N–H and O–H groups in total. The number of benzene rings is 1. The second-order valence-corrected chi connectivity index (χ2v) is 6.92. The molecule has 2 aromatic rings. The summed E-state index contributed by atoms with van der Waals surface area (Å²) in [4.78, 5) is 6.76. The Morgan fingerprint density at radius 3 is 2.83 bits per heavy atom. The highest BCUT2D eigenvalue weighted by atomic mass is 79.9. The molecule has 128 valence electrons. The van der Waals surface area contributed by atoms with E-state index in [1.807, 2.05) is 7.05 Å². The molecule has 0 aliphatic carbocycles. The molecule has 0 bridgehead atoms. The highest BCUT2D eigenvalue weighted by molar-refractivity contribution is 9.10. The first-order valence-corrected chi connectivity index (χ1v) is 9.03. The number of para-hydroxylation sites is 1. The zero-order valence-electron chi connectivity index (χ0n) is 14.2. The van der Waals surface area contributed by atoms with E-state index in [1.165, 1.54) is 11.4 Å². The van der Waals surface area contributed by atoms with Crippen molar-refractivity contribution in [2.75, 3.05) is 25.0 Å². The molecule has 1 aliphatic rings. The van der Waals surface area contributed by atoms with E-state index in [0.717, 1.165) is 36.5 Å². The number of aromatic nitrogens is 1. The van der Waals surface area contributed by atoms with E-state index in [-0.39, 0.29) is 0 Å². The lowest BCUT2D eigenvalue weighted by Crippen LogP contribution is -2.44. The molecule has 0 amide bonds. The van der Waals surface area contributed by atoms with Gasteiger partial charge in [0.15, 0.2) is 5.96 Å². The number of hydrogen-bond donors (Lipinski definition) is 2. The topological polar surface area (TPSA) is 44.6 Å². The molecule has 1 aromatic carbocycles. The van der Waals surface area contributed by atoms with Crippen LogP contribution >= 0.6 is 15.9 Å². The molecule has 1 saturated heterocycles. The van der Waals surface area contributed by atoms with Gasteiger partial charge in [-0.15, -0.1) is 0 Å². The quantitative estimate of drug-likeness (QED) is 0.624. The first-order valence-electron chi connectivity index (χ1n) is 8.24. The number of aliphatic imine (C=N–C) groups is 1. The lowest BCUT2D eigenvalue weighted by Gasteiger charge is -2.21. The third-order valence-electron chi connectivity index (χ3n) is 4.43. The van der Waals surface area contributed by atoms with Crippen LogP contribution in [0.4, 0.5) is 5.69 Å². The lowest BCUT2D eigenvalue weighted by atomic mass is 10.2. The summed E-state index contributed by atoms with van der Waals surface area (Å²) in [6.45, 7) is 2.80. The fourth-order valence-corrected chi connectivity index (χ4v) is 3.58. The van der Waals surface area contributed by atoms with Gasteiger partial charge in [0.2, 0.25) is 0 Å². The Balaban J connectivity index is 1.54. The van der Waals surface area contributed by atoms with Crippen molar-refractivity contribution in [1.29, 1.82) is 0 Å². The predicted octanol–water partition coefficient (Wildman–Crippen LogP) is 2.73. The fraction of sp³-hybridized carbons (Fsp3) is 0.389. The van der Waals surface area contributed by atoms with E-state index < -0.39 is 0 Å². The van der Waals surface area contributed by atoms with Gasteiger partial charge in [0.1, 0.15) is 0 Å². The van der Waals surface area contributed by atoms with Crippen molar-refractivity contribution >= 4 is 27.6 Å². The summed E-state index contributed by atoms with van der Waals surface area (Å²) in [7, 11) is 3.88. The molecule has 0 radical (unpaired) electrons. The number of hydrogen-bond acceptors (Lipinski definition) is 2. The van der Waals surface area contributed by atoms with Crippen LogP contribution in [0, 0.1) is 0 Å². The van der Waals surface area contributed by atoms with E-state index in [0.29, 0.717) is 6.04 Å². The number of nitrogens with zero attached hydrogens (tertiary/aromatic N) is 3. The molecule has 1 unspecified atom stereocenters. The van der Waals surface area contributed by atoms with E-state index in [1.54, 1.807) is 0 Å². The fourth-order valence-electron chi connectivity index (χ4n) is 3.05. The SMILES string of the molecule is CN=C(NCc1cccn1C)NC1CCN(c2ccccc2Br)C1. The molecular weight excluding hydrogens is 366 g/mol. The van der Waals surface area contributed by atoms with Crippen LogP contribution in [-0.2, 0) is 13.6 Å². The number of nitrogens with one attached hydrogen (secondary N) is 2. The predicted molar refractivity (Wildman–Crippen MR) is 104 cm³/mol. The Labute approximate surface area is 151 Å². The van der Waals surface area contributed by atoms with Crippen LogP contribution in [0.15, 0.2) is 52.1 Å². The van der Waals surface area contributed by atoms with Gasteiger partial charge >= 0.3 is 0 Å². The summed E-state index contributed by atoms with van der Waals surface area (Å²) in [5.41, 5.74) is 2.49. The molecule has 1 atom stereocenters. The van der Waals surface area contributed by atoms with Crippen molar-refractivity contribution in [3.8, 4) is 0 Å². The van der Waals surface area contributed by atoms with Crippen molar-refractivity contribution in [1.82, 2.24) is 15.2 Å². The number of aryl methyl sites for hydroxylation is 1. The Kier molecular flexibility index (Phi) is 5.45. The summed E-state index contributed by atoms with van der Waals surface area (Å²) in [6.07, 6.45) is 3.16. The lowest BCUT2D eigenvalue weighted by molar-refractivity contribution is 0.644. The number of rotatable bonds is 4. The van der Waals surface area contributed by atoms with Gasteiger partial charge < -0.3 is 20.1 Å². The van der Waals surface area contributed by atoms with Crippen LogP contribution in [0.1, 0.15) is 12.1 Å². The molecule has 1 aromatic heterocycles. The maximum absolute atomic E-state index is 4.35. The third kappa shape index (κ3) is 3.93. The Morgan fingerprint density at radius 1 is 1.29 bits per heavy atom. The third-order valence-corrected chi connectivity index (χ3v) is 5.10. The largest absolute Gasteiger partial charge is 0.368 e. The molecule has 0 saturated carbocycles. The van der Waals surface area contributed by atoms with Crippen LogP contribution in [0.5, 0.6) is 0 Å². The average molecular weight is 390 g/mol. The first kappa shape index (κ1) is 16.9. The molecule has 6 heteroatoms. The summed E-state index contributed by atoms with van der Waals surface area (Å²) in [5, 5.41) is 6.94. The molecule has 5 nitrogen and oxygen atoms in total. The van der Waals surface area contributed by atoms with Gasteiger partial charge in [0.25, 0.3) is 0 Å². The molecule has 1 fully saturated rings. The molecule has 0 spiro atoms. The van der Waals surface area contributed by atoms with E-state index in [4.69, 9.17) is 0 Å². The first-order chi connectivity index (χ1) is 11.7. The van der Waals surface area contributed by atoms with Crippen molar-refractivity contribution in [3.63, 3.8) is 0 Å². The van der Waals surface area contributed by atoms with Gasteiger partial charge in [-0.1, -0.05) is 12.1 Å². The molecule has 2 heterocycles. The van der Waals surface area contributed by atoms with Crippen molar-refractivity contribution in [2.24, 2.45) is 12.0 Å². The van der Waals surface area contributed by atoms with E-state index in [9.17, 15) is 0 Å². The Hall–Kier alpha value is -1.95. The molecule has 3 rings (SSSR count). The van der Waals surface area contributed by atoms with E-state index >= 15 is 0 Å². The second kappa shape index (κ2) is 7.75. The van der Waals surface area contributed by atoms with Gasteiger partial charge in [0, 0.05) is 49.6 Å². The van der Waals surface area contributed by atoms with Crippen LogP contribution < -0.4 is 15.5 Å². The summed E-state index contributed by atoms with van der Waals surface area (Å²) in [6, 6.07) is 13.0. The van der Waals surface area contributed by atoms with Crippen LogP contribution in [0.3, 0.4) is 0 Å². The van der Waals surface area contributed by atoms with Crippen LogP contribution in [-0.4, -0.2) is 36.7 Å². The number of halogens is 1. The van der Waals surface area contributed by atoms with E-state index in [2.05, 4.69) is 90.7 Å². The summed E-state index contributed by atoms with van der Waals surface area (Å²) in [5.74, 6) is 0.857. The van der Waals surface area contributed by atoms with Crippen LogP contribution in [0.2, 0.25) is 0 Å². The summed E-state index contributed by atoms with van der Waals surface area (Å²) >= 11 is 3.64. The standard InChI is InChI=1S/C18H24BrN5/c1-20-18(21-12-15-6-5-10-23(15)2)22-14-9-11-24(13-14)17-8-4-3-7-16(17)19/h3-8,10,14H,9,11-13H2,1-2H3,(H2,20,21,22). The van der Waals surface area contributed by atoms with Gasteiger partial charge in [-0.2, -0.15) is 0 Å². The Bertz CT molecular complexity index is 709. The van der Waals surface area contributed by atoms with Crippen molar-refractivity contribution < 1.29 is 0 Å². The van der Waals surface area contributed by atoms with Crippen molar-refractivity contribution in [2.45, 2.75) is 19.0 Å². The molecule has 24 heavy (non-hydrogen) atoms. The molecule has 1 aliphatic heterocycles. The van der Waals surface area contributed by atoms with Gasteiger partial charge in [0.05, 0.1) is 12.2 Å². The minimum absolute atomic E-state index is 0.400. The smallest absolute Gasteiger partial charge is 0.191 e. The molecular formula is C18H24BrN5. The zero-order valence-corrected chi connectivity index (χ0v) is 15.8. The Morgan fingerprint density at radius 2 is 2.12 bits per heavy atom. The minimum Gasteiger partial charge on any atom is -0.368 e. The van der Waals surface area contributed by atoms with Gasteiger partial charge in [-0.05, 0) is 46.6 Å². The zero-order chi connectivity index (χ0) is 16.9. The average Bonchev–Trinajstić information content (AvgIpc) is 3.21. The highest BCUT2D eigenvalue weighted by Gasteiger charge is 2.24. The number of guanidine groups is 1. The van der Waals surface area contributed by atoms with Crippen LogP contribution in [0.25, 0.3) is 0 Å². The highest BCUT2D eigenvalue weighted by Crippen LogP contribution is 2.28. The van der Waals surface area contributed by atoms with Gasteiger partial charge in [-0.3, -0.25) is 4.99 Å². The monoisotopic (exact) mass is 389 g/mol. The second-order valence-electron chi connectivity index (χ2n) is 6.06. The maximum Gasteiger partial charge on any atom is 0.191 e. The van der Waals surface area contributed by atoms with Gasteiger partial charge in [-0.25, -0.2) is 0 Å². The number of anilines is 1. The summed E-state index contributed by atoms with van der Waals surface area (Å²) < 4.78 is 3.27. The van der Waals surface area contributed by atoms with Crippen molar-refractivity contribution in [3.05, 3.63) is 52.8 Å².